The van der Waals surface area contributed by atoms with Gasteiger partial charge >= 0.3 is 18.6 Å². The Bertz CT molecular complexity index is 932. The smallest absolute Gasteiger partial charge is 0.507 e. The van der Waals surface area contributed by atoms with E-state index < -0.39 is 24.5 Å². The van der Waals surface area contributed by atoms with Crippen molar-refractivity contribution in [2.75, 3.05) is 0 Å². The molecule has 11 heteroatoms. The minimum absolute atomic E-state index is 0.128. The lowest BCUT2D eigenvalue weighted by Crippen LogP contribution is -2.02. The summed E-state index contributed by atoms with van der Waals surface area (Å²) in [5.41, 5.74) is 0.560. The molecule has 3 rings (SSSR count). The van der Waals surface area contributed by atoms with Crippen LogP contribution in [-0.4, -0.2) is 32.8 Å². The Morgan fingerprint density at radius 3 is 1.81 bits per heavy atom. The van der Waals surface area contributed by atoms with Crippen molar-refractivity contribution in [3.05, 3.63) is 36.4 Å². The monoisotopic (exact) mass is 374 g/mol. The van der Waals surface area contributed by atoms with Crippen molar-refractivity contribution in [3.8, 4) is 40.1 Å². The van der Waals surface area contributed by atoms with Crippen LogP contribution < -0.4 is 0 Å². The molecule has 5 N–H and O–H groups in total. The van der Waals surface area contributed by atoms with E-state index in [9.17, 15) is 42.8 Å². The lowest BCUT2D eigenvalue weighted by Gasteiger charge is -2.01. The van der Waals surface area contributed by atoms with Crippen LogP contribution in [0.25, 0.3) is 22.3 Å². The van der Waals surface area contributed by atoms with Crippen LogP contribution in [0.1, 0.15) is 0 Å². The summed E-state index contributed by atoms with van der Waals surface area (Å²) in [6, 6.07) is 8.08. The van der Waals surface area contributed by atoms with E-state index in [1.54, 1.807) is 6.07 Å². The molecule has 0 atom stereocenters. The molecule has 0 saturated heterocycles. The lowest BCUT2D eigenvalue weighted by molar-refractivity contribution is 0.368. The van der Waals surface area contributed by atoms with E-state index in [0.29, 0.717) is 10.9 Å². The molecular weight excluding hydrogens is 363 g/mol. The third kappa shape index (κ3) is 4.59. The van der Waals surface area contributed by atoms with Gasteiger partial charge in [-0.25, -0.2) is 4.42 Å². The quantitative estimate of drug-likeness (QED) is 0.189. The van der Waals surface area contributed by atoms with E-state index >= 15 is 0 Å². The van der Waals surface area contributed by atoms with Gasteiger partial charge < -0.3 is 42.8 Å². The van der Waals surface area contributed by atoms with Crippen molar-refractivity contribution in [3.63, 3.8) is 0 Å². The maximum absolute atomic E-state index is 9.75. The molecule has 3 aromatic rings. The average molecular weight is 374 g/mol. The molecule has 1 heterocycles. The molecule has 0 aliphatic carbocycles. The normalized spacial score (nSPS) is 11.1. The van der Waals surface area contributed by atoms with Crippen LogP contribution in [0.2, 0.25) is 0 Å². The number of rotatable bonds is 1. The molecule has 0 amide bonds. The number of phenolic OH excluding ortho intramolecular Hbond substituents is 5. The molecule has 0 saturated carbocycles. The Morgan fingerprint density at radius 1 is 0.731 bits per heavy atom. The zero-order valence-electron chi connectivity index (χ0n) is 12.7. The zero-order chi connectivity index (χ0) is 19.6. The van der Waals surface area contributed by atoms with Crippen LogP contribution in [0.15, 0.2) is 40.8 Å². The maximum Gasteiger partial charge on any atom is 0.673 e. The number of aromatic hydroxyl groups is 5. The molecule has 2 aromatic carbocycles. The second-order valence-corrected chi connectivity index (χ2v) is 5.03. The minimum Gasteiger partial charge on any atom is -0.507 e. The summed E-state index contributed by atoms with van der Waals surface area (Å²) < 4.78 is 44.5. The van der Waals surface area contributed by atoms with Crippen molar-refractivity contribution in [2.24, 2.45) is 0 Å². The third-order valence-electron chi connectivity index (χ3n) is 3.08. The van der Waals surface area contributed by atoms with E-state index in [1.807, 2.05) is 0 Å². The Kier molecular flexibility index (Phi) is 5.01. The summed E-state index contributed by atoms with van der Waals surface area (Å²) in [6.45, 7) is 0. The largest absolute Gasteiger partial charge is 0.673 e. The topological polar surface area (TPSA) is 112 Å². The van der Waals surface area contributed by atoms with E-state index in [0.717, 1.165) is 0 Å². The van der Waals surface area contributed by atoms with Gasteiger partial charge in [-0.2, -0.15) is 0 Å². The molecule has 0 spiro atoms. The Balaban J connectivity index is 0.000000431. The first-order valence-electron chi connectivity index (χ1n) is 6.87. The fourth-order valence-corrected chi connectivity index (χ4v) is 2.06. The first-order valence-corrected chi connectivity index (χ1v) is 6.87. The Hall–Kier alpha value is -3.37. The van der Waals surface area contributed by atoms with Crippen molar-refractivity contribution < 1.29 is 47.2 Å². The molecule has 0 radical (unpaired) electrons. The summed E-state index contributed by atoms with van der Waals surface area (Å²) in [6.07, 6.45) is 0. The number of hydrogen-bond acceptors (Lipinski definition) is 5. The molecule has 138 valence electrons. The maximum atomic E-state index is 9.75. The second kappa shape index (κ2) is 6.86. The summed E-state index contributed by atoms with van der Waals surface area (Å²) in [5, 5.41) is 47.9. The summed E-state index contributed by atoms with van der Waals surface area (Å²) in [7, 11) is -6.00. The minimum atomic E-state index is -6.00. The van der Waals surface area contributed by atoms with E-state index in [4.69, 9.17) is 4.42 Å². The molecule has 0 aliphatic heterocycles. The highest BCUT2D eigenvalue weighted by Gasteiger charge is 2.21. The van der Waals surface area contributed by atoms with Crippen LogP contribution in [0.4, 0.5) is 17.3 Å². The van der Waals surface area contributed by atoms with Gasteiger partial charge in [0, 0.05) is 24.3 Å². The number of halogens is 4. The molecule has 1 aromatic heterocycles. The fraction of sp³-hybridized carbons (Fsp3) is 0. The molecule has 26 heavy (non-hydrogen) atoms. The number of phenols is 5. The molecule has 6 nitrogen and oxygen atoms in total. The Morgan fingerprint density at radius 2 is 1.27 bits per heavy atom. The van der Waals surface area contributed by atoms with E-state index in [1.165, 1.54) is 30.3 Å². The van der Waals surface area contributed by atoms with Crippen LogP contribution in [-0.2, 0) is 0 Å². The first kappa shape index (κ1) is 19.0. The average Bonchev–Trinajstić information content (AvgIpc) is 2.49. The lowest BCUT2D eigenvalue weighted by atomic mass is 10.1. The van der Waals surface area contributed by atoms with E-state index in [2.05, 4.69) is 0 Å². The fourth-order valence-electron chi connectivity index (χ4n) is 2.06. The van der Waals surface area contributed by atoms with Crippen LogP contribution in [0.5, 0.6) is 28.7 Å². The number of benzene rings is 2. The van der Waals surface area contributed by atoms with Gasteiger partial charge in [0.2, 0.25) is 0 Å². The Labute approximate surface area is 142 Å². The third-order valence-corrected chi connectivity index (χ3v) is 3.08. The predicted molar refractivity (Wildman–Crippen MR) is 84.6 cm³/mol. The van der Waals surface area contributed by atoms with E-state index in [-0.39, 0.29) is 22.8 Å². The van der Waals surface area contributed by atoms with Crippen LogP contribution in [0, 0.1) is 0 Å². The van der Waals surface area contributed by atoms with Crippen LogP contribution >= 0.6 is 0 Å². The number of fused-ring (bicyclic) bond motifs is 1. The standard InChI is InChI=1S/C15H10O6.BF4/c16-8-5-10(17)9-1-2-13(21-14(9)6-8)7-3-11(18)15(20)12(19)4-7;2-1(3,4)5/h1-6H,(H4-,16,17,18,19,20);/q;-1/p+1. The molecular formula is C15H11BF4O6. The molecule has 0 unspecified atom stereocenters. The van der Waals surface area contributed by atoms with Gasteiger partial charge in [-0.05, 0) is 6.07 Å². The van der Waals surface area contributed by atoms with Gasteiger partial charge in [0.05, 0.1) is 11.6 Å². The first-order chi connectivity index (χ1) is 12.0. The molecule has 0 aliphatic rings. The van der Waals surface area contributed by atoms with Crippen molar-refractivity contribution >= 4 is 18.2 Å². The van der Waals surface area contributed by atoms with Crippen molar-refractivity contribution in [2.45, 2.75) is 0 Å². The highest BCUT2D eigenvalue weighted by atomic mass is 19.5. The highest BCUT2D eigenvalue weighted by molar-refractivity contribution is 6.50. The summed E-state index contributed by atoms with van der Waals surface area (Å²) in [4.78, 5) is 0. The predicted octanol–water partition coefficient (Wildman–Crippen LogP) is 4.21. The SMILES string of the molecule is F[B-](F)(F)F.Oc1cc(O)c2ccc(-c3cc(O)c(O)c(O)c3)[o+]c2c1. The zero-order valence-corrected chi connectivity index (χ0v) is 12.7. The van der Waals surface area contributed by atoms with Gasteiger partial charge in [-0.1, -0.05) is 0 Å². The van der Waals surface area contributed by atoms with Gasteiger partial charge in [0.1, 0.15) is 16.9 Å². The summed E-state index contributed by atoms with van der Waals surface area (Å²) in [5.74, 6) is -1.60. The molecule has 0 bridgehead atoms. The van der Waals surface area contributed by atoms with Gasteiger partial charge in [0.25, 0.3) is 0 Å². The highest BCUT2D eigenvalue weighted by Crippen LogP contribution is 2.40. The second-order valence-electron chi connectivity index (χ2n) is 5.03. The van der Waals surface area contributed by atoms with Gasteiger partial charge in [-0.3, -0.25) is 0 Å². The molecule has 0 fully saturated rings. The van der Waals surface area contributed by atoms with Gasteiger partial charge in [-0.15, -0.1) is 0 Å². The van der Waals surface area contributed by atoms with Crippen molar-refractivity contribution in [1.29, 1.82) is 0 Å². The number of hydrogen-bond donors (Lipinski definition) is 5. The van der Waals surface area contributed by atoms with Crippen LogP contribution in [0.3, 0.4) is 0 Å². The summed E-state index contributed by atoms with van der Waals surface area (Å²) >= 11 is 0. The van der Waals surface area contributed by atoms with Crippen molar-refractivity contribution in [1.82, 2.24) is 0 Å². The van der Waals surface area contributed by atoms with Gasteiger partial charge in [0.15, 0.2) is 17.2 Å².